The molecule has 1 aliphatic heterocycles. The fourth-order valence-corrected chi connectivity index (χ4v) is 4.15. The lowest BCUT2D eigenvalue weighted by Gasteiger charge is -2.27. The first-order valence-corrected chi connectivity index (χ1v) is 11.8. The molecule has 184 valence electrons. The Morgan fingerprint density at radius 2 is 1.82 bits per heavy atom. The lowest BCUT2D eigenvalue weighted by Crippen LogP contribution is -2.45. The number of hydrogen-bond donors (Lipinski definition) is 0. The molecule has 0 N–H and O–H groups in total. The molecule has 1 fully saturated rings. The Balaban J connectivity index is 1.76. The zero-order chi connectivity index (χ0) is 24.5. The molecule has 2 aromatic carbocycles. The molecule has 7 heteroatoms. The summed E-state index contributed by atoms with van der Waals surface area (Å²) in [4.78, 5) is 27.5. The van der Waals surface area contributed by atoms with Crippen LogP contribution in [0.3, 0.4) is 0 Å². The summed E-state index contributed by atoms with van der Waals surface area (Å²) in [6.07, 6.45) is 1.26. The second-order valence-electron chi connectivity index (χ2n) is 8.86. The number of imide groups is 1. The molecule has 0 radical (unpaired) electrons. The van der Waals surface area contributed by atoms with Crippen LogP contribution in [-0.2, 0) is 27.1 Å². The molecular formula is C27H35NO6. The minimum Gasteiger partial charge on any atom is -0.493 e. The Morgan fingerprint density at radius 3 is 2.50 bits per heavy atom. The standard InChI is InChI=1S/C27H35NO6/c1-19(2)23(16-21-11-12-24(32-4)25(17-21)33-14-8-13-31-3)26(29)28-22(18-34-27(28)30)15-20-9-6-5-7-10-20/h5-7,9-12,17,19,22-23H,8,13-16,18H2,1-4H3/t22-,23+/m0/s1. The zero-order valence-corrected chi connectivity index (χ0v) is 20.5. The van der Waals surface area contributed by atoms with Crippen LogP contribution in [0, 0.1) is 11.8 Å². The van der Waals surface area contributed by atoms with Gasteiger partial charge in [-0.1, -0.05) is 50.2 Å². The molecule has 7 nitrogen and oxygen atoms in total. The van der Waals surface area contributed by atoms with Gasteiger partial charge in [-0.3, -0.25) is 4.79 Å². The maximum atomic E-state index is 13.6. The van der Waals surface area contributed by atoms with E-state index < -0.39 is 6.09 Å². The Morgan fingerprint density at radius 1 is 1.06 bits per heavy atom. The lowest BCUT2D eigenvalue weighted by atomic mass is 9.87. The smallest absolute Gasteiger partial charge is 0.416 e. The normalized spacial score (nSPS) is 16.4. The highest BCUT2D eigenvalue weighted by Crippen LogP contribution is 2.31. The van der Waals surface area contributed by atoms with Gasteiger partial charge in [0.1, 0.15) is 6.61 Å². The Bertz CT molecular complexity index is 945. The highest BCUT2D eigenvalue weighted by Gasteiger charge is 2.41. The van der Waals surface area contributed by atoms with E-state index in [1.54, 1.807) is 14.2 Å². The number of methoxy groups -OCH3 is 2. The van der Waals surface area contributed by atoms with Crippen LogP contribution in [0.1, 0.15) is 31.4 Å². The van der Waals surface area contributed by atoms with Crippen LogP contribution >= 0.6 is 0 Å². The summed E-state index contributed by atoms with van der Waals surface area (Å²) in [5.74, 6) is 0.732. The van der Waals surface area contributed by atoms with Gasteiger partial charge in [-0.15, -0.1) is 0 Å². The number of rotatable bonds is 12. The number of carbonyl (C=O) groups is 2. The van der Waals surface area contributed by atoms with Crippen molar-refractivity contribution >= 4 is 12.0 Å². The van der Waals surface area contributed by atoms with Crippen molar-refractivity contribution in [3.8, 4) is 11.5 Å². The third-order valence-corrected chi connectivity index (χ3v) is 6.07. The van der Waals surface area contributed by atoms with Crippen LogP contribution in [0.25, 0.3) is 0 Å². The number of ether oxygens (including phenoxy) is 4. The minimum absolute atomic E-state index is 0.0337. The predicted molar refractivity (Wildman–Crippen MR) is 129 cm³/mol. The van der Waals surface area contributed by atoms with Crippen molar-refractivity contribution in [2.75, 3.05) is 34.0 Å². The number of amides is 2. The molecule has 0 aromatic heterocycles. The van der Waals surface area contributed by atoms with Crippen LogP contribution in [0.5, 0.6) is 11.5 Å². The van der Waals surface area contributed by atoms with E-state index in [4.69, 9.17) is 18.9 Å². The molecule has 2 aromatic rings. The Kier molecular flexibility index (Phi) is 9.33. The topological polar surface area (TPSA) is 74.3 Å². The molecule has 1 aliphatic rings. The summed E-state index contributed by atoms with van der Waals surface area (Å²) in [5.41, 5.74) is 2.01. The fraction of sp³-hybridized carbons (Fsp3) is 0.481. The van der Waals surface area contributed by atoms with E-state index in [2.05, 4.69) is 0 Å². The molecule has 1 heterocycles. The molecule has 3 rings (SSSR count). The van der Waals surface area contributed by atoms with Gasteiger partial charge in [0.15, 0.2) is 11.5 Å². The second kappa shape index (κ2) is 12.4. The largest absolute Gasteiger partial charge is 0.493 e. The summed E-state index contributed by atoms with van der Waals surface area (Å²) < 4.78 is 21.7. The molecule has 0 bridgehead atoms. The van der Waals surface area contributed by atoms with Gasteiger partial charge in [0, 0.05) is 26.1 Å². The maximum absolute atomic E-state index is 13.6. The third-order valence-electron chi connectivity index (χ3n) is 6.07. The average molecular weight is 470 g/mol. The molecule has 0 saturated carbocycles. The van der Waals surface area contributed by atoms with E-state index in [0.717, 1.165) is 17.5 Å². The number of nitrogens with zero attached hydrogens (tertiary/aromatic N) is 1. The summed E-state index contributed by atoms with van der Waals surface area (Å²) in [6, 6.07) is 15.2. The molecule has 2 amide bonds. The van der Waals surface area contributed by atoms with Crippen molar-refractivity contribution in [1.29, 1.82) is 0 Å². The Hall–Kier alpha value is -3.06. The molecule has 2 atom stereocenters. The van der Waals surface area contributed by atoms with Gasteiger partial charge in [-0.2, -0.15) is 0 Å². The second-order valence-corrected chi connectivity index (χ2v) is 8.86. The first-order chi connectivity index (χ1) is 16.4. The highest BCUT2D eigenvalue weighted by atomic mass is 16.6. The van der Waals surface area contributed by atoms with E-state index in [-0.39, 0.29) is 30.4 Å². The average Bonchev–Trinajstić information content (AvgIpc) is 3.20. The van der Waals surface area contributed by atoms with Crippen molar-refractivity contribution < 1.29 is 28.5 Å². The van der Waals surface area contributed by atoms with Crippen molar-refractivity contribution in [3.63, 3.8) is 0 Å². The van der Waals surface area contributed by atoms with Crippen LogP contribution in [0.2, 0.25) is 0 Å². The van der Waals surface area contributed by atoms with E-state index in [1.165, 1.54) is 4.90 Å². The van der Waals surface area contributed by atoms with Crippen molar-refractivity contribution in [2.24, 2.45) is 11.8 Å². The number of cyclic esters (lactones) is 1. The Labute approximate surface area is 201 Å². The quantitative estimate of drug-likeness (QED) is 0.426. The summed E-state index contributed by atoms with van der Waals surface area (Å²) in [7, 11) is 3.26. The van der Waals surface area contributed by atoms with E-state index >= 15 is 0 Å². The maximum Gasteiger partial charge on any atom is 0.416 e. The van der Waals surface area contributed by atoms with Crippen LogP contribution in [-0.4, -0.2) is 57.0 Å². The van der Waals surface area contributed by atoms with Gasteiger partial charge in [-0.05, 0) is 42.0 Å². The first kappa shape index (κ1) is 25.6. The number of hydrogen-bond acceptors (Lipinski definition) is 6. The summed E-state index contributed by atoms with van der Waals surface area (Å²) in [6.45, 7) is 5.33. The number of carbonyl (C=O) groups excluding carboxylic acids is 2. The molecular weight excluding hydrogens is 434 g/mol. The molecule has 1 saturated heterocycles. The van der Waals surface area contributed by atoms with E-state index in [1.807, 2.05) is 62.4 Å². The van der Waals surface area contributed by atoms with Crippen molar-refractivity contribution in [2.45, 2.75) is 39.2 Å². The van der Waals surface area contributed by atoms with Gasteiger partial charge in [0.25, 0.3) is 0 Å². The molecule has 0 unspecified atom stereocenters. The number of benzene rings is 2. The highest BCUT2D eigenvalue weighted by molar-refractivity contribution is 5.95. The van der Waals surface area contributed by atoms with Gasteiger partial charge < -0.3 is 18.9 Å². The summed E-state index contributed by atoms with van der Waals surface area (Å²) >= 11 is 0. The molecule has 0 spiro atoms. The van der Waals surface area contributed by atoms with Crippen LogP contribution in [0.4, 0.5) is 4.79 Å². The molecule has 0 aliphatic carbocycles. The summed E-state index contributed by atoms with van der Waals surface area (Å²) in [5, 5.41) is 0. The lowest BCUT2D eigenvalue weighted by molar-refractivity contribution is -0.134. The van der Waals surface area contributed by atoms with E-state index in [9.17, 15) is 9.59 Å². The van der Waals surface area contributed by atoms with Gasteiger partial charge in [-0.25, -0.2) is 9.69 Å². The minimum atomic E-state index is -0.562. The van der Waals surface area contributed by atoms with Crippen LogP contribution < -0.4 is 9.47 Å². The van der Waals surface area contributed by atoms with Crippen molar-refractivity contribution in [3.05, 3.63) is 59.7 Å². The van der Waals surface area contributed by atoms with E-state index in [0.29, 0.717) is 37.6 Å². The SMILES string of the molecule is COCCCOc1cc(C[C@@H](C(=O)N2C(=O)OC[C@@H]2Cc2ccccc2)C(C)C)ccc1OC. The fourth-order valence-electron chi connectivity index (χ4n) is 4.15. The zero-order valence-electron chi connectivity index (χ0n) is 20.5. The first-order valence-electron chi connectivity index (χ1n) is 11.8. The van der Waals surface area contributed by atoms with Gasteiger partial charge in [0.2, 0.25) is 5.91 Å². The third kappa shape index (κ3) is 6.50. The monoisotopic (exact) mass is 469 g/mol. The van der Waals surface area contributed by atoms with Gasteiger partial charge >= 0.3 is 6.09 Å². The molecule has 34 heavy (non-hydrogen) atoms. The van der Waals surface area contributed by atoms with Gasteiger partial charge in [0.05, 0.1) is 19.8 Å². The van der Waals surface area contributed by atoms with Crippen LogP contribution in [0.15, 0.2) is 48.5 Å². The van der Waals surface area contributed by atoms with Crippen molar-refractivity contribution in [1.82, 2.24) is 4.90 Å². The predicted octanol–water partition coefficient (Wildman–Crippen LogP) is 4.52.